The van der Waals surface area contributed by atoms with Gasteiger partial charge in [0, 0.05) is 11.3 Å². The second-order valence-corrected chi connectivity index (χ2v) is 12.8. The molecule has 0 saturated heterocycles. The molecule has 2 atom stereocenters. The first-order valence-electron chi connectivity index (χ1n) is 9.75. The Morgan fingerprint density at radius 3 is 1.48 bits per heavy atom. The summed E-state index contributed by atoms with van der Waals surface area (Å²) in [6.45, 7) is 7.84. The Kier molecular flexibility index (Phi) is 11.7. The Morgan fingerprint density at radius 1 is 0.759 bits per heavy atom. The number of benzene rings is 1. The normalized spacial score (nSPS) is 15.9. The zero-order valence-electron chi connectivity index (χ0n) is 17.1. The Balaban J connectivity index is 3.16. The highest BCUT2D eigenvalue weighted by molar-refractivity contribution is 8.67. The summed E-state index contributed by atoms with van der Waals surface area (Å²) in [4.78, 5) is 0. The lowest BCUT2D eigenvalue weighted by Crippen LogP contribution is -2.15. The molecule has 0 fully saturated rings. The molecule has 0 saturated carbocycles. The van der Waals surface area contributed by atoms with E-state index in [1.807, 2.05) is 27.7 Å². The fourth-order valence-electron chi connectivity index (χ4n) is 2.68. The van der Waals surface area contributed by atoms with Crippen molar-refractivity contribution in [2.75, 3.05) is 0 Å². The van der Waals surface area contributed by atoms with Gasteiger partial charge in [-0.3, -0.25) is 0 Å². The minimum Gasteiger partial charge on any atom is -0.318 e. The van der Waals surface area contributed by atoms with Gasteiger partial charge in [0.05, 0.1) is 12.2 Å². The molecule has 2 nitrogen and oxygen atoms in total. The van der Waals surface area contributed by atoms with Crippen molar-refractivity contribution in [2.24, 2.45) is 0 Å². The summed E-state index contributed by atoms with van der Waals surface area (Å²) in [5, 5.41) is 0. The number of halogens is 5. The fraction of sp³-hybridized carbons (Fsp3) is 0.684. The van der Waals surface area contributed by atoms with E-state index in [4.69, 9.17) is 20.9 Å². The average molecular weight is 479 g/mol. The van der Waals surface area contributed by atoms with Crippen LogP contribution in [0.3, 0.4) is 0 Å². The molecule has 1 aromatic rings. The molecule has 1 aromatic carbocycles. The monoisotopic (exact) mass is 478 g/mol. The quantitative estimate of drug-likeness (QED) is 0.124. The summed E-state index contributed by atoms with van der Waals surface area (Å²) in [6.07, 6.45) is 4.09. The summed E-state index contributed by atoms with van der Waals surface area (Å²) in [7, 11) is 0. The van der Waals surface area contributed by atoms with Gasteiger partial charge in [0.15, 0.2) is 23.3 Å². The highest BCUT2D eigenvalue weighted by atomic mass is 32.9. The van der Waals surface area contributed by atoms with Gasteiger partial charge in [-0.25, -0.2) is 22.0 Å². The van der Waals surface area contributed by atoms with Crippen molar-refractivity contribution in [3.05, 3.63) is 34.6 Å². The topological polar surface area (TPSA) is 18.5 Å². The second kappa shape index (κ2) is 12.6. The Bertz CT molecular complexity index is 671. The number of hydrogen-bond acceptors (Lipinski definition) is 4. The average Bonchev–Trinajstić information content (AvgIpc) is 2.70. The van der Waals surface area contributed by atoms with Crippen molar-refractivity contribution in [1.82, 2.24) is 0 Å². The molecule has 29 heavy (non-hydrogen) atoms. The molecule has 0 aliphatic heterocycles. The van der Waals surface area contributed by atoms with Crippen molar-refractivity contribution in [3.8, 4) is 0 Å². The van der Waals surface area contributed by atoms with Crippen LogP contribution in [0.5, 0.6) is 0 Å². The lowest BCUT2D eigenvalue weighted by Gasteiger charge is -2.30. The first-order valence-corrected chi connectivity index (χ1v) is 14.0. The van der Waals surface area contributed by atoms with Gasteiger partial charge < -0.3 is 9.05 Å². The summed E-state index contributed by atoms with van der Waals surface area (Å²) >= 11 is 6.43. The SMILES string of the molecule is CCCC(CC)OP(=S)(OC(CC)CCC)SCc1c(F)c(F)c(F)c(F)c1F. The molecule has 10 heteroatoms. The molecule has 0 N–H and O–H groups in total. The van der Waals surface area contributed by atoms with Crippen molar-refractivity contribution >= 4 is 28.9 Å². The highest BCUT2D eigenvalue weighted by Crippen LogP contribution is 2.64. The molecule has 0 bridgehead atoms. The van der Waals surface area contributed by atoms with Gasteiger partial charge in [-0.05, 0) is 37.5 Å². The number of rotatable bonds is 13. The largest absolute Gasteiger partial charge is 0.318 e. The minimum atomic E-state index is -3.09. The van der Waals surface area contributed by atoms with Gasteiger partial charge in [-0.2, -0.15) is 0 Å². The van der Waals surface area contributed by atoms with Gasteiger partial charge in [0.25, 0.3) is 0 Å². The van der Waals surface area contributed by atoms with Gasteiger partial charge >= 0.3 is 0 Å². The maximum Gasteiger partial charge on any atom is 0.248 e. The van der Waals surface area contributed by atoms with E-state index in [1.165, 1.54) is 0 Å². The van der Waals surface area contributed by atoms with Crippen LogP contribution < -0.4 is 0 Å². The van der Waals surface area contributed by atoms with E-state index in [2.05, 4.69) is 0 Å². The van der Waals surface area contributed by atoms with E-state index >= 15 is 0 Å². The molecular weight excluding hydrogens is 450 g/mol. The van der Waals surface area contributed by atoms with Gasteiger partial charge in [-0.15, -0.1) is 0 Å². The third kappa shape index (κ3) is 7.46. The van der Waals surface area contributed by atoms with Crippen molar-refractivity contribution in [2.45, 2.75) is 84.2 Å². The van der Waals surface area contributed by atoms with Gasteiger partial charge in [0.1, 0.15) is 0 Å². The summed E-state index contributed by atoms with van der Waals surface area (Å²) < 4.78 is 80.5. The maximum atomic E-state index is 14.0. The molecule has 168 valence electrons. The molecule has 1 rings (SSSR count). The molecule has 2 unspecified atom stereocenters. The van der Waals surface area contributed by atoms with Crippen LogP contribution >= 0.6 is 17.1 Å². The van der Waals surface area contributed by atoms with Crippen LogP contribution in [0.15, 0.2) is 0 Å². The summed E-state index contributed by atoms with van der Waals surface area (Å²) in [5.41, 5.74) is -4.01. The molecule has 0 aliphatic rings. The molecule has 0 aromatic heterocycles. The van der Waals surface area contributed by atoms with Crippen LogP contribution in [-0.2, 0) is 26.6 Å². The van der Waals surface area contributed by atoms with E-state index < -0.39 is 46.1 Å². The van der Waals surface area contributed by atoms with Gasteiger partial charge in [-0.1, -0.05) is 51.9 Å². The zero-order chi connectivity index (χ0) is 22.2. The predicted molar refractivity (Wildman–Crippen MR) is 112 cm³/mol. The summed E-state index contributed by atoms with van der Waals surface area (Å²) in [6, 6.07) is 0. The summed E-state index contributed by atoms with van der Waals surface area (Å²) in [5.74, 6) is -10.3. The molecule has 0 radical (unpaired) electrons. The van der Waals surface area contributed by atoms with Crippen LogP contribution in [-0.4, -0.2) is 12.2 Å². The lowest BCUT2D eigenvalue weighted by molar-refractivity contribution is 0.135. The molecule has 0 amide bonds. The van der Waals surface area contributed by atoms with Gasteiger partial charge in [0.2, 0.25) is 11.5 Å². The van der Waals surface area contributed by atoms with Crippen LogP contribution in [0.2, 0.25) is 0 Å². The zero-order valence-corrected chi connectivity index (χ0v) is 19.6. The lowest BCUT2D eigenvalue weighted by atomic mass is 10.2. The van der Waals surface area contributed by atoms with E-state index in [9.17, 15) is 22.0 Å². The smallest absolute Gasteiger partial charge is 0.248 e. The fourth-order valence-corrected chi connectivity index (χ4v) is 7.79. The number of hydrogen-bond donors (Lipinski definition) is 0. The first-order chi connectivity index (χ1) is 13.6. The van der Waals surface area contributed by atoms with Crippen molar-refractivity contribution in [1.29, 1.82) is 0 Å². The molecular formula is C19H28F5O2PS2. The maximum absolute atomic E-state index is 14.0. The van der Waals surface area contributed by atoms with Crippen molar-refractivity contribution < 1.29 is 31.0 Å². The Hall–Kier alpha value is -0.210. The standard InChI is InChI=1S/C19H28F5O2PS2/c1-5-9-12(7-3)25-27(28,26-13(8-4)10-6-2)29-11-14-15(20)17(22)19(24)18(23)16(14)21/h12-13H,5-11H2,1-4H3. The molecule has 0 aliphatic carbocycles. The van der Waals surface area contributed by atoms with E-state index in [1.54, 1.807) is 0 Å². The van der Waals surface area contributed by atoms with E-state index in [0.29, 0.717) is 12.8 Å². The molecule has 0 heterocycles. The Labute approximate surface area is 178 Å². The Morgan fingerprint density at radius 2 is 1.14 bits per heavy atom. The molecule has 0 spiro atoms. The van der Waals surface area contributed by atoms with Crippen LogP contribution in [0.4, 0.5) is 22.0 Å². The van der Waals surface area contributed by atoms with Crippen LogP contribution in [0.1, 0.15) is 71.8 Å². The van der Waals surface area contributed by atoms with Crippen LogP contribution in [0.25, 0.3) is 0 Å². The van der Waals surface area contributed by atoms with E-state index in [0.717, 1.165) is 37.1 Å². The third-order valence-corrected chi connectivity index (χ3v) is 9.52. The third-order valence-electron chi connectivity index (χ3n) is 4.36. The van der Waals surface area contributed by atoms with E-state index in [-0.39, 0.29) is 12.2 Å². The van der Waals surface area contributed by atoms with Crippen LogP contribution in [0, 0.1) is 29.1 Å². The predicted octanol–water partition coefficient (Wildman–Crippen LogP) is 8.03. The highest BCUT2D eigenvalue weighted by Gasteiger charge is 2.31. The first kappa shape index (κ1) is 26.8. The second-order valence-electron chi connectivity index (χ2n) is 6.62. The minimum absolute atomic E-state index is 0.200. The van der Waals surface area contributed by atoms with Crippen molar-refractivity contribution in [3.63, 3.8) is 0 Å².